The summed E-state index contributed by atoms with van der Waals surface area (Å²) in [5.41, 5.74) is 1.70. The highest BCUT2D eigenvalue weighted by atomic mass is 32.1. The van der Waals surface area contributed by atoms with Crippen LogP contribution in [0.15, 0.2) is 16.9 Å². The molecule has 1 aliphatic rings. The number of carbonyl (C=O) groups excluding carboxylic acids is 1. The lowest BCUT2D eigenvalue weighted by molar-refractivity contribution is 0.0601. The molecule has 22 heavy (non-hydrogen) atoms. The first kappa shape index (κ1) is 15.0. The number of methoxy groups -OCH3 is 1. The summed E-state index contributed by atoms with van der Waals surface area (Å²) in [6.45, 7) is 0. The Balaban J connectivity index is 1.84. The summed E-state index contributed by atoms with van der Waals surface area (Å²) in [6.07, 6.45) is 5.59. The number of rotatable bonds is 3. The highest BCUT2D eigenvalue weighted by molar-refractivity contribution is 7.80. The minimum atomic E-state index is -0.328. The van der Waals surface area contributed by atoms with Gasteiger partial charge in [0.05, 0.1) is 12.7 Å². The Bertz CT molecular complexity index is 695. The second kappa shape index (κ2) is 6.45. The number of thiocarbonyl (C=S) groups is 1. The minimum absolute atomic E-state index is 0.328. The van der Waals surface area contributed by atoms with E-state index in [4.69, 9.17) is 21.5 Å². The number of aryl methyl sites for hydroxylation is 1. The molecule has 0 unspecified atom stereocenters. The summed E-state index contributed by atoms with van der Waals surface area (Å²) in [5.74, 6) is 0.185. The second-order valence-electron chi connectivity index (χ2n) is 4.87. The maximum atomic E-state index is 12.1. The molecule has 0 spiro atoms. The van der Waals surface area contributed by atoms with Gasteiger partial charge in [0.15, 0.2) is 10.9 Å². The van der Waals surface area contributed by atoms with E-state index in [1.165, 1.54) is 18.3 Å². The van der Waals surface area contributed by atoms with Gasteiger partial charge in [0, 0.05) is 10.9 Å². The summed E-state index contributed by atoms with van der Waals surface area (Å²) < 4.78 is 9.67. The summed E-state index contributed by atoms with van der Waals surface area (Å²) in [6, 6.07) is 1.66. The van der Waals surface area contributed by atoms with Crippen LogP contribution in [-0.2, 0) is 17.6 Å². The summed E-state index contributed by atoms with van der Waals surface area (Å²) in [5, 5.41) is 10.8. The van der Waals surface area contributed by atoms with E-state index in [9.17, 15) is 4.79 Å². The Hall–Kier alpha value is -1.93. The van der Waals surface area contributed by atoms with Crippen LogP contribution < -0.4 is 10.6 Å². The highest BCUT2D eigenvalue weighted by Crippen LogP contribution is 2.38. The van der Waals surface area contributed by atoms with Crippen molar-refractivity contribution in [3.05, 3.63) is 28.3 Å². The number of carbonyl (C=O) groups is 1. The number of anilines is 2. The van der Waals surface area contributed by atoms with Crippen molar-refractivity contribution >= 4 is 45.5 Å². The topological polar surface area (TPSA) is 76.4 Å². The number of nitrogens with zero attached hydrogens (tertiary/aromatic N) is 1. The molecule has 0 saturated carbocycles. The van der Waals surface area contributed by atoms with Gasteiger partial charge in [-0.2, -0.15) is 0 Å². The minimum Gasteiger partial charge on any atom is -0.465 e. The van der Waals surface area contributed by atoms with Crippen molar-refractivity contribution < 1.29 is 14.1 Å². The molecule has 0 bridgehead atoms. The predicted octanol–water partition coefficient (Wildman–Crippen LogP) is 3.21. The van der Waals surface area contributed by atoms with Crippen LogP contribution in [-0.4, -0.2) is 23.3 Å². The molecule has 0 aromatic carbocycles. The zero-order chi connectivity index (χ0) is 15.5. The summed E-state index contributed by atoms with van der Waals surface area (Å²) >= 11 is 6.82. The van der Waals surface area contributed by atoms with Crippen LogP contribution in [0.2, 0.25) is 0 Å². The molecule has 0 radical (unpaired) electrons. The van der Waals surface area contributed by atoms with Crippen LogP contribution in [0.25, 0.3) is 0 Å². The van der Waals surface area contributed by atoms with Gasteiger partial charge in [0.2, 0.25) is 0 Å². The van der Waals surface area contributed by atoms with Crippen LogP contribution in [0.1, 0.15) is 33.6 Å². The van der Waals surface area contributed by atoms with E-state index in [0.29, 0.717) is 16.5 Å². The van der Waals surface area contributed by atoms with Gasteiger partial charge in [0.25, 0.3) is 0 Å². The van der Waals surface area contributed by atoms with E-state index < -0.39 is 0 Å². The number of esters is 1. The van der Waals surface area contributed by atoms with Crippen molar-refractivity contribution in [3.8, 4) is 0 Å². The largest absolute Gasteiger partial charge is 0.465 e. The van der Waals surface area contributed by atoms with Gasteiger partial charge in [0.1, 0.15) is 11.3 Å². The molecule has 2 aromatic rings. The normalized spacial score (nSPS) is 13.3. The summed E-state index contributed by atoms with van der Waals surface area (Å²) in [7, 11) is 1.39. The number of fused-ring (bicyclic) bond motifs is 1. The van der Waals surface area contributed by atoms with Crippen LogP contribution in [0.3, 0.4) is 0 Å². The lowest BCUT2D eigenvalue weighted by Gasteiger charge is -2.12. The number of thiophene rings is 1. The lowest BCUT2D eigenvalue weighted by atomic mass is 9.95. The highest BCUT2D eigenvalue weighted by Gasteiger charge is 2.26. The number of hydrogen-bond acceptors (Lipinski definition) is 6. The molecular weight excluding hydrogens is 322 g/mol. The fourth-order valence-corrected chi connectivity index (χ4v) is 4.05. The van der Waals surface area contributed by atoms with Gasteiger partial charge in [-0.25, -0.2) is 4.79 Å². The Morgan fingerprint density at radius 3 is 2.95 bits per heavy atom. The van der Waals surface area contributed by atoms with Crippen molar-refractivity contribution in [1.82, 2.24) is 5.16 Å². The van der Waals surface area contributed by atoms with E-state index >= 15 is 0 Å². The van der Waals surface area contributed by atoms with Gasteiger partial charge in [-0.15, -0.1) is 11.3 Å². The van der Waals surface area contributed by atoms with E-state index in [2.05, 4.69) is 15.8 Å². The van der Waals surface area contributed by atoms with Crippen LogP contribution in [0.5, 0.6) is 0 Å². The molecule has 8 heteroatoms. The summed E-state index contributed by atoms with van der Waals surface area (Å²) in [4.78, 5) is 13.4. The van der Waals surface area contributed by atoms with Crippen molar-refractivity contribution in [1.29, 1.82) is 0 Å². The van der Waals surface area contributed by atoms with Crippen molar-refractivity contribution in [2.45, 2.75) is 25.7 Å². The van der Waals surface area contributed by atoms with Crippen LogP contribution in [0.4, 0.5) is 10.8 Å². The zero-order valence-electron chi connectivity index (χ0n) is 12.0. The van der Waals surface area contributed by atoms with Gasteiger partial charge in [-0.05, 0) is 43.5 Å². The third-order valence-corrected chi connectivity index (χ3v) is 4.88. The molecule has 2 N–H and O–H groups in total. The van der Waals surface area contributed by atoms with E-state index in [-0.39, 0.29) is 5.97 Å². The van der Waals surface area contributed by atoms with Crippen molar-refractivity contribution in [3.63, 3.8) is 0 Å². The van der Waals surface area contributed by atoms with Gasteiger partial charge in [-0.3, -0.25) is 0 Å². The molecule has 2 heterocycles. The Morgan fingerprint density at radius 2 is 2.23 bits per heavy atom. The third-order valence-electron chi connectivity index (χ3n) is 3.47. The fraction of sp³-hybridized carbons (Fsp3) is 0.357. The zero-order valence-corrected chi connectivity index (χ0v) is 13.6. The first-order chi connectivity index (χ1) is 10.7. The quantitative estimate of drug-likeness (QED) is 0.658. The fourth-order valence-electron chi connectivity index (χ4n) is 2.50. The molecule has 2 aromatic heterocycles. The Morgan fingerprint density at radius 1 is 1.41 bits per heavy atom. The molecule has 0 saturated heterocycles. The first-order valence-corrected chi connectivity index (χ1v) is 8.12. The molecular formula is C14H15N3O3S2. The first-order valence-electron chi connectivity index (χ1n) is 6.90. The Labute approximate surface area is 136 Å². The molecule has 3 rings (SSSR count). The van der Waals surface area contributed by atoms with Crippen LogP contribution in [0, 0.1) is 0 Å². The SMILES string of the molecule is COC(=O)c1c(NC(=S)Nc2ccon2)sc2c1CCCC2. The number of ether oxygens (including phenoxy) is 1. The molecule has 0 fully saturated rings. The maximum absolute atomic E-state index is 12.1. The van der Waals surface area contributed by atoms with Gasteiger partial charge in [-0.1, -0.05) is 5.16 Å². The van der Waals surface area contributed by atoms with E-state index in [0.717, 1.165) is 36.2 Å². The molecule has 0 amide bonds. The van der Waals surface area contributed by atoms with Crippen LogP contribution >= 0.6 is 23.6 Å². The van der Waals surface area contributed by atoms with Crippen molar-refractivity contribution in [2.24, 2.45) is 0 Å². The maximum Gasteiger partial charge on any atom is 0.341 e. The monoisotopic (exact) mass is 337 g/mol. The average molecular weight is 337 g/mol. The predicted molar refractivity (Wildman–Crippen MR) is 88.6 cm³/mol. The second-order valence-corrected chi connectivity index (χ2v) is 6.38. The number of nitrogens with one attached hydrogen (secondary N) is 2. The number of aromatic nitrogens is 1. The lowest BCUT2D eigenvalue weighted by Crippen LogP contribution is -2.20. The number of hydrogen-bond donors (Lipinski definition) is 2. The third kappa shape index (κ3) is 2.97. The molecule has 0 aliphatic heterocycles. The molecule has 1 aliphatic carbocycles. The van der Waals surface area contributed by atoms with Gasteiger partial charge < -0.3 is 19.9 Å². The molecule has 116 valence electrons. The average Bonchev–Trinajstić information content (AvgIpc) is 3.13. The molecule has 6 nitrogen and oxygen atoms in total. The van der Waals surface area contributed by atoms with E-state index in [1.807, 2.05) is 0 Å². The standard InChI is InChI=1S/C14H15N3O3S2/c1-19-13(18)11-8-4-2-3-5-9(8)22-12(11)16-14(21)15-10-6-7-20-17-10/h6-7H,2-5H2,1H3,(H2,15,16,17,21). The van der Waals surface area contributed by atoms with Crippen molar-refractivity contribution in [2.75, 3.05) is 17.7 Å². The molecule has 0 atom stereocenters. The van der Waals surface area contributed by atoms with E-state index in [1.54, 1.807) is 17.4 Å². The van der Waals surface area contributed by atoms with Gasteiger partial charge >= 0.3 is 5.97 Å². The smallest absolute Gasteiger partial charge is 0.341 e. The Kier molecular flexibility index (Phi) is 4.39.